The second-order valence-electron chi connectivity index (χ2n) is 6.49. The zero-order valence-corrected chi connectivity index (χ0v) is 15.6. The highest BCUT2D eigenvalue weighted by Gasteiger charge is 2.38. The van der Waals surface area contributed by atoms with Crippen molar-refractivity contribution < 1.29 is 19.4 Å². The number of nitrogens with zero attached hydrogens (tertiary/aromatic N) is 1. The Morgan fingerprint density at radius 2 is 2.04 bits per heavy atom. The molecule has 0 spiro atoms. The van der Waals surface area contributed by atoms with E-state index in [1.54, 1.807) is 14.1 Å². The van der Waals surface area contributed by atoms with Crippen LogP contribution in [0.2, 0.25) is 0 Å². The first kappa shape index (κ1) is 20.0. The number of terminal acetylenes is 1. The summed E-state index contributed by atoms with van der Waals surface area (Å²) in [5.41, 5.74) is 1.85. The maximum atomic E-state index is 12.5. The van der Waals surface area contributed by atoms with Crippen molar-refractivity contribution in [1.29, 1.82) is 0 Å². The molecule has 0 saturated carbocycles. The van der Waals surface area contributed by atoms with Crippen LogP contribution in [0.4, 0.5) is 0 Å². The smallest absolute Gasteiger partial charge is 0.288 e. The normalized spacial score (nSPS) is 22.1. The second kappa shape index (κ2) is 9.42. The highest BCUT2D eigenvalue weighted by molar-refractivity contribution is 5.91. The van der Waals surface area contributed by atoms with E-state index in [4.69, 9.17) is 15.9 Å². The van der Waals surface area contributed by atoms with Gasteiger partial charge in [-0.3, -0.25) is 4.79 Å². The quantitative estimate of drug-likeness (QED) is 0.762. The first-order valence-electron chi connectivity index (χ1n) is 8.91. The van der Waals surface area contributed by atoms with Gasteiger partial charge in [0.1, 0.15) is 0 Å². The molecule has 2 rings (SSSR count). The van der Waals surface area contributed by atoms with E-state index in [-0.39, 0.29) is 24.3 Å². The zero-order valence-electron chi connectivity index (χ0n) is 15.6. The average Bonchev–Trinajstić information content (AvgIpc) is 2.66. The molecular weight excluding hydrogens is 330 g/mol. The number of carbonyl (C=O) groups excluding carboxylic acids is 1. The van der Waals surface area contributed by atoms with Gasteiger partial charge in [0, 0.05) is 44.7 Å². The Labute approximate surface area is 155 Å². The molecule has 1 aliphatic heterocycles. The van der Waals surface area contributed by atoms with Gasteiger partial charge >= 0.3 is 0 Å². The lowest BCUT2D eigenvalue weighted by molar-refractivity contribution is -0.169. The van der Waals surface area contributed by atoms with Crippen LogP contribution in [0.3, 0.4) is 0 Å². The van der Waals surface area contributed by atoms with Crippen molar-refractivity contribution in [1.82, 2.24) is 4.90 Å². The Balaban J connectivity index is 2.44. The molecule has 3 atom stereocenters. The Kier molecular flexibility index (Phi) is 7.26. The minimum atomic E-state index is -0.534. The number of likely N-dealkylation sites (N-methyl/N-ethyl adjacent to an activating group) is 1. The van der Waals surface area contributed by atoms with Gasteiger partial charge < -0.3 is 19.5 Å². The van der Waals surface area contributed by atoms with E-state index in [1.165, 1.54) is 4.90 Å². The fourth-order valence-electron chi connectivity index (χ4n) is 3.16. The minimum absolute atomic E-state index is 0.00232. The number of carbonyl (C=O) groups is 1. The summed E-state index contributed by atoms with van der Waals surface area (Å²) >= 11 is 0. The van der Waals surface area contributed by atoms with Crippen molar-refractivity contribution in [2.75, 3.05) is 27.3 Å². The highest BCUT2D eigenvalue weighted by atomic mass is 16.7. The van der Waals surface area contributed by atoms with Crippen molar-refractivity contribution in [3.05, 3.63) is 47.2 Å². The third-order valence-electron chi connectivity index (χ3n) is 4.49. The van der Waals surface area contributed by atoms with Gasteiger partial charge in [-0.15, -0.1) is 6.42 Å². The number of benzene rings is 1. The molecule has 140 valence electrons. The molecule has 1 aromatic carbocycles. The summed E-state index contributed by atoms with van der Waals surface area (Å²) in [6.45, 7) is 2.48. The summed E-state index contributed by atoms with van der Waals surface area (Å²) in [4.78, 5) is 13.9. The van der Waals surface area contributed by atoms with E-state index in [9.17, 15) is 9.90 Å². The van der Waals surface area contributed by atoms with Crippen LogP contribution >= 0.6 is 0 Å². The molecule has 26 heavy (non-hydrogen) atoms. The summed E-state index contributed by atoms with van der Waals surface area (Å²) in [7, 11) is 3.38. The van der Waals surface area contributed by atoms with Gasteiger partial charge in [-0.25, -0.2) is 0 Å². The van der Waals surface area contributed by atoms with Crippen LogP contribution in [0.25, 0.3) is 0 Å². The summed E-state index contributed by atoms with van der Waals surface area (Å²) in [6.07, 6.45) is 8.14. The van der Waals surface area contributed by atoms with Crippen molar-refractivity contribution in [3.63, 3.8) is 0 Å². The van der Waals surface area contributed by atoms with Crippen molar-refractivity contribution in [2.45, 2.75) is 32.0 Å². The molecule has 5 heteroatoms. The minimum Gasteiger partial charge on any atom is -0.459 e. The molecule has 5 nitrogen and oxygen atoms in total. The number of allylic oxidation sites excluding steroid dienone is 1. The van der Waals surface area contributed by atoms with Gasteiger partial charge in [0.2, 0.25) is 6.29 Å². The Morgan fingerprint density at radius 1 is 1.35 bits per heavy atom. The number of rotatable bonds is 7. The van der Waals surface area contributed by atoms with Gasteiger partial charge in [-0.1, -0.05) is 18.1 Å². The van der Waals surface area contributed by atoms with Crippen LogP contribution < -0.4 is 0 Å². The molecule has 0 unspecified atom stereocenters. The van der Waals surface area contributed by atoms with Crippen molar-refractivity contribution >= 4 is 5.91 Å². The van der Waals surface area contributed by atoms with Gasteiger partial charge in [0.25, 0.3) is 5.91 Å². The van der Waals surface area contributed by atoms with Gasteiger partial charge in [-0.05, 0) is 43.5 Å². The highest BCUT2D eigenvalue weighted by Crippen LogP contribution is 2.39. The Bertz CT molecular complexity index is 672. The van der Waals surface area contributed by atoms with Crippen molar-refractivity contribution in [3.8, 4) is 12.3 Å². The van der Waals surface area contributed by atoms with E-state index >= 15 is 0 Å². The van der Waals surface area contributed by atoms with Gasteiger partial charge in [0.05, 0.1) is 0 Å². The topological polar surface area (TPSA) is 59.0 Å². The molecule has 0 saturated heterocycles. The maximum Gasteiger partial charge on any atom is 0.288 e. The molecular formula is C21H27NO4. The van der Waals surface area contributed by atoms with Crippen LogP contribution in [-0.2, 0) is 14.3 Å². The largest absolute Gasteiger partial charge is 0.459 e. The third kappa shape index (κ3) is 4.66. The molecule has 0 bridgehead atoms. The first-order chi connectivity index (χ1) is 12.5. The summed E-state index contributed by atoms with van der Waals surface area (Å²) in [6, 6.07) is 7.75. The fraction of sp³-hybridized carbons (Fsp3) is 0.476. The van der Waals surface area contributed by atoms with Crippen LogP contribution in [0.5, 0.6) is 0 Å². The van der Waals surface area contributed by atoms with E-state index in [2.05, 4.69) is 5.92 Å². The molecule has 0 fully saturated rings. The third-order valence-corrected chi connectivity index (χ3v) is 4.49. The maximum absolute atomic E-state index is 12.5. The van der Waals surface area contributed by atoms with E-state index in [1.807, 2.05) is 37.3 Å². The van der Waals surface area contributed by atoms with E-state index < -0.39 is 6.29 Å². The lowest BCUT2D eigenvalue weighted by Gasteiger charge is -2.37. The molecule has 0 aliphatic carbocycles. The molecule has 1 N–H and O–H groups in total. The number of aliphatic hydroxyl groups excluding tert-OH is 1. The average molecular weight is 357 g/mol. The Morgan fingerprint density at radius 3 is 2.58 bits per heavy atom. The number of aliphatic hydroxyl groups is 1. The van der Waals surface area contributed by atoms with Gasteiger partial charge in [-0.2, -0.15) is 0 Å². The predicted octanol–water partition coefficient (Wildman–Crippen LogP) is 2.51. The number of amides is 1. The first-order valence-corrected chi connectivity index (χ1v) is 8.91. The van der Waals surface area contributed by atoms with Crippen LogP contribution in [0.1, 0.15) is 36.8 Å². The molecule has 0 radical (unpaired) electrons. The lowest BCUT2D eigenvalue weighted by Crippen LogP contribution is -2.38. The number of ether oxygens (including phenoxy) is 2. The van der Waals surface area contributed by atoms with Crippen LogP contribution in [0, 0.1) is 18.3 Å². The fourth-order valence-corrected chi connectivity index (χ4v) is 3.16. The second-order valence-corrected chi connectivity index (χ2v) is 6.49. The molecule has 1 heterocycles. The molecule has 1 aliphatic rings. The van der Waals surface area contributed by atoms with E-state index in [0.717, 1.165) is 17.5 Å². The summed E-state index contributed by atoms with van der Waals surface area (Å²) in [5.74, 6) is 2.65. The van der Waals surface area contributed by atoms with Gasteiger partial charge in [0.15, 0.2) is 5.76 Å². The Hall–Kier alpha value is -2.29. The zero-order chi connectivity index (χ0) is 19.1. The summed E-state index contributed by atoms with van der Waals surface area (Å²) in [5, 5.41) is 9.27. The number of hydrogen-bond acceptors (Lipinski definition) is 4. The summed E-state index contributed by atoms with van der Waals surface area (Å²) < 4.78 is 11.7. The van der Waals surface area contributed by atoms with E-state index in [0.29, 0.717) is 18.8 Å². The number of hydrogen-bond donors (Lipinski definition) is 1. The molecule has 1 aromatic rings. The predicted molar refractivity (Wildman–Crippen MR) is 100 cm³/mol. The molecule has 0 aromatic heterocycles. The lowest BCUT2D eigenvalue weighted by atomic mass is 9.80. The van der Waals surface area contributed by atoms with Crippen LogP contribution in [0.15, 0.2) is 36.1 Å². The SMILES string of the molecule is C#Cc1ccc([C@H]2C=C(C(=O)N(C)C)O[C@@H](OCC)[C@@H]2CCCO)cc1. The standard InChI is InChI=1S/C21H27NO4/c1-5-15-9-11-16(12-10-15)18-14-19(20(24)22(3)4)26-21(25-6-2)17(18)8-7-13-23/h1,9-12,14,17-18,21,23H,6-8,13H2,2-4H3/t17-,18-,21-/m1/s1. The van der Waals surface area contributed by atoms with Crippen molar-refractivity contribution in [2.24, 2.45) is 5.92 Å². The molecule has 1 amide bonds. The van der Waals surface area contributed by atoms with Crippen LogP contribution in [-0.4, -0.2) is 49.5 Å². The monoisotopic (exact) mass is 357 g/mol.